The first kappa shape index (κ1) is 19.1. The number of halogens is 1. The van der Waals surface area contributed by atoms with Gasteiger partial charge in [-0.15, -0.1) is 11.8 Å². The van der Waals surface area contributed by atoms with Crippen molar-refractivity contribution in [1.29, 1.82) is 0 Å². The van der Waals surface area contributed by atoms with E-state index in [1.165, 1.54) is 25.7 Å². The number of hydrogen-bond donors (Lipinski definition) is 1. The molecule has 2 amide bonds. The number of carbonyl (C=O) groups excluding carboxylic acids is 2. The normalized spacial score (nSPS) is 14.6. The molecule has 1 aliphatic carbocycles. The third-order valence-corrected chi connectivity index (χ3v) is 5.88. The Morgan fingerprint density at radius 1 is 1.33 bits per heavy atom. The number of nitrogens with one attached hydrogen (secondary N) is 1. The number of benzene rings is 1. The minimum absolute atomic E-state index is 0.0346. The molecule has 0 atom stereocenters. The molecule has 1 N–H and O–H groups in total. The molecule has 0 bridgehead atoms. The second-order valence-corrected chi connectivity index (χ2v) is 7.86. The summed E-state index contributed by atoms with van der Waals surface area (Å²) in [5, 5.41) is 4.03. The molecule has 1 aromatic rings. The van der Waals surface area contributed by atoms with Crippen molar-refractivity contribution in [2.75, 3.05) is 24.2 Å². The Morgan fingerprint density at radius 2 is 2.04 bits per heavy atom. The SMILES string of the molecule is CCN(CC(=O)Nc1cc(Cl)ccc1C)C(=O)CSC1CCCC1. The Hall–Kier alpha value is -1.20. The van der Waals surface area contributed by atoms with Crippen LogP contribution in [-0.2, 0) is 9.59 Å². The zero-order valence-corrected chi connectivity index (χ0v) is 15.9. The predicted octanol–water partition coefficient (Wildman–Crippen LogP) is 4.11. The maximum absolute atomic E-state index is 12.3. The summed E-state index contributed by atoms with van der Waals surface area (Å²) in [6.07, 6.45) is 4.95. The summed E-state index contributed by atoms with van der Waals surface area (Å²) in [7, 11) is 0. The van der Waals surface area contributed by atoms with E-state index in [2.05, 4.69) is 5.32 Å². The van der Waals surface area contributed by atoms with Crippen molar-refractivity contribution >= 4 is 40.9 Å². The molecule has 0 saturated heterocycles. The predicted molar refractivity (Wildman–Crippen MR) is 102 cm³/mol. The van der Waals surface area contributed by atoms with Crippen molar-refractivity contribution in [3.63, 3.8) is 0 Å². The van der Waals surface area contributed by atoms with Crippen molar-refractivity contribution in [2.24, 2.45) is 0 Å². The van der Waals surface area contributed by atoms with Crippen LogP contribution in [0.5, 0.6) is 0 Å². The third-order valence-electron chi connectivity index (χ3n) is 4.29. The first-order valence-corrected chi connectivity index (χ1v) is 9.87. The van der Waals surface area contributed by atoms with Gasteiger partial charge in [-0.25, -0.2) is 0 Å². The number of carbonyl (C=O) groups is 2. The average molecular weight is 369 g/mol. The van der Waals surface area contributed by atoms with Crippen LogP contribution in [0, 0.1) is 6.92 Å². The summed E-state index contributed by atoms with van der Waals surface area (Å²) in [5.41, 5.74) is 1.63. The molecule has 0 aromatic heterocycles. The van der Waals surface area contributed by atoms with Crippen LogP contribution in [0.4, 0.5) is 5.69 Å². The van der Waals surface area contributed by atoms with E-state index in [4.69, 9.17) is 11.6 Å². The summed E-state index contributed by atoms with van der Waals surface area (Å²) in [4.78, 5) is 26.2. The molecule has 2 rings (SSSR count). The highest BCUT2D eigenvalue weighted by Gasteiger charge is 2.20. The number of anilines is 1. The fourth-order valence-electron chi connectivity index (χ4n) is 2.80. The standard InChI is InChI=1S/C18H25ClN2O2S/c1-3-21(18(23)12-24-15-6-4-5-7-15)11-17(22)20-16-10-14(19)9-8-13(16)2/h8-10,15H,3-7,11-12H2,1-2H3,(H,20,22). The van der Waals surface area contributed by atoms with Crippen LogP contribution in [0.25, 0.3) is 0 Å². The molecule has 0 radical (unpaired) electrons. The summed E-state index contributed by atoms with van der Waals surface area (Å²) in [6, 6.07) is 5.37. The van der Waals surface area contributed by atoms with Gasteiger partial charge in [0.05, 0.1) is 12.3 Å². The molecule has 0 aliphatic heterocycles. The molecule has 4 nitrogen and oxygen atoms in total. The van der Waals surface area contributed by atoms with Crippen LogP contribution < -0.4 is 5.32 Å². The second kappa shape index (κ2) is 9.33. The molecule has 0 unspecified atom stereocenters. The minimum atomic E-state index is -0.193. The summed E-state index contributed by atoms with van der Waals surface area (Å²) in [5.74, 6) is 0.302. The Kier molecular flexibility index (Phi) is 7.43. The average Bonchev–Trinajstić information content (AvgIpc) is 3.07. The first-order valence-electron chi connectivity index (χ1n) is 8.45. The zero-order valence-electron chi connectivity index (χ0n) is 14.3. The Labute approximate surface area is 153 Å². The zero-order chi connectivity index (χ0) is 17.5. The molecule has 1 saturated carbocycles. The smallest absolute Gasteiger partial charge is 0.244 e. The van der Waals surface area contributed by atoms with Gasteiger partial charge in [0.2, 0.25) is 11.8 Å². The van der Waals surface area contributed by atoms with E-state index < -0.39 is 0 Å². The van der Waals surface area contributed by atoms with Crippen LogP contribution in [0.1, 0.15) is 38.2 Å². The highest BCUT2D eigenvalue weighted by atomic mass is 35.5. The second-order valence-electron chi connectivity index (χ2n) is 6.13. The van der Waals surface area contributed by atoms with Crippen LogP contribution in [0.3, 0.4) is 0 Å². The van der Waals surface area contributed by atoms with Crippen molar-refractivity contribution in [2.45, 2.75) is 44.8 Å². The lowest BCUT2D eigenvalue weighted by molar-refractivity contribution is -0.132. The molecular formula is C18H25ClN2O2S. The van der Waals surface area contributed by atoms with Crippen LogP contribution in [0.2, 0.25) is 5.02 Å². The Balaban J connectivity index is 1.85. The Bertz CT molecular complexity index is 588. The van der Waals surface area contributed by atoms with Gasteiger partial charge >= 0.3 is 0 Å². The summed E-state index contributed by atoms with van der Waals surface area (Å²) >= 11 is 7.70. The van der Waals surface area contributed by atoms with Crippen molar-refractivity contribution < 1.29 is 9.59 Å². The van der Waals surface area contributed by atoms with Gasteiger partial charge in [-0.1, -0.05) is 30.5 Å². The third kappa shape index (κ3) is 5.71. The van der Waals surface area contributed by atoms with Gasteiger partial charge < -0.3 is 10.2 Å². The topological polar surface area (TPSA) is 49.4 Å². The van der Waals surface area contributed by atoms with Gasteiger partial charge in [0.1, 0.15) is 0 Å². The van der Waals surface area contributed by atoms with E-state index >= 15 is 0 Å². The van der Waals surface area contributed by atoms with E-state index in [9.17, 15) is 9.59 Å². The maximum Gasteiger partial charge on any atom is 0.244 e. The van der Waals surface area contributed by atoms with Crippen LogP contribution >= 0.6 is 23.4 Å². The fraction of sp³-hybridized carbons (Fsp3) is 0.556. The molecule has 1 aliphatic rings. The highest BCUT2D eigenvalue weighted by Crippen LogP contribution is 2.29. The lowest BCUT2D eigenvalue weighted by atomic mass is 10.2. The van der Waals surface area contributed by atoms with Crippen molar-refractivity contribution in [3.8, 4) is 0 Å². The molecule has 1 aromatic carbocycles. The molecule has 0 spiro atoms. The van der Waals surface area contributed by atoms with Gasteiger partial charge in [0.15, 0.2) is 0 Å². The molecule has 24 heavy (non-hydrogen) atoms. The maximum atomic E-state index is 12.3. The Morgan fingerprint density at radius 3 is 2.71 bits per heavy atom. The van der Waals surface area contributed by atoms with E-state index in [0.29, 0.717) is 28.3 Å². The number of nitrogens with zero attached hydrogens (tertiary/aromatic N) is 1. The quantitative estimate of drug-likeness (QED) is 0.787. The van der Waals surface area contributed by atoms with Gasteiger partial charge in [0.25, 0.3) is 0 Å². The molecule has 0 heterocycles. The molecule has 132 valence electrons. The van der Waals surface area contributed by atoms with Gasteiger partial charge in [-0.05, 0) is 44.4 Å². The first-order chi connectivity index (χ1) is 11.5. The van der Waals surface area contributed by atoms with Crippen molar-refractivity contribution in [1.82, 2.24) is 4.90 Å². The van der Waals surface area contributed by atoms with Crippen molar-refractivity contribution in [3.05, 3.63) is 28.8 Å². The lowest BCUT2D eigenvalue weighted by Crippen LogP contribution is -2.39. The number of hydrogen-bond acceptors (Lipinski definition) is 3. The number of thioether (sulfide) groups is 1. The van der Waals surface area contributed by atoms with Gasteiger partial charge in [0, 0.05) is 22.5 Å². The molecular weight excluding hydrogens is 344 g/mol. The highest BCUT2D eigenvalue weighted by molar-refractivity contribution is 8.00. The minimum Gasteiger partial charge on any atom is -0.333 e. The number of amides is 2. The van der Waals surface area contributed by atoms with Crippen LogP contribution in [-0.4, -0.2) is 40.8 Å². The van der Waals surface area contributed by atoms with E-state index in [1.54, 1.807) is 28.8 Å². The van der Waals surface area contributed by atoms with Gasteiger partial charge in [-0.2, -0.15) is 0 Å². The fourth-order valence-corrected chi connectivity index (χ4v) is 4.20. The van der Waals surface area contributed by atoms with E-state index in [1.807, 2.05) is 19.9 Å². The number of aryl methyl sites for hydroxylation is 1. The lowest BCUT2D eigenvalue weighted by Gasteiger charge is -2.21. The van der Waals surface area contributed by atoms with E-state index in [-0.39, 0.29) is 18.4 Å². The summed E-state index contributed by atoms with van der Waals surface area (Å²) in [6.45, 7) is 4.42. The number of rotatable bonds is 7. The number of likely N-dealkylation sites (N-methyl/N-ethyl adjacent to an activating group) is 1. The van der Waals surface area contributed by atoms with Gasteiger partial charge in [-0.3, -0.25) is 9.59 Å². The van der Waals surface area contributed by atoms with Crippen LogP contribution in [0.15, 0.2) is 18.2 Å². The molecule has 6 heteroatoms. The monoisotopic (exact) mass is 368 g/mol. The van der Waals surface area contributed by atoms with E-state index in [0.717, 1.165) is 5.56 Å². The molecule has 1 fully saturated rings. The largest absolute Gasteiger partial charge is 0.333 e. The summed E-state index contributed by atoms with van der Waals surface area (Å²) < 4.78 is 0.